The molecule has 0 aliphatic rings. The van der Waals surface area contributed by atoms with Gasteiger partial charge in [-0.3, -0.25) is 4.79 Å². The van der Waals surface area contributed by atoms with Gasteiger partial charge in [0.1, 0.15) is 0 Å². The molecule has 0 saturated carbocycles. The van der Waals surface area contributed by atoms with Gasteiger partial charge in [-0.25, -0.2) is 0 Å². The van der Waals surface area contributed by atoms with Crippen LogP contribution in [0.15, 0.2) is 24.8 Å². The number of amides is 1. The zero-order valence-corrected chi connectivity index (χ0v) is 12.2. The second-order valence-electron chi connectivity index (χ2n) is 4.49. The van der Waals surface area contributed by atoms with Gasteiger partial charge < -0.3 is 20.5 Å². The molecule has 0 bridgehead atoms. The van der Waals surface area contributed by atoms with Crippen LogP contribution in [0.25, 0.3) is 0 Å². The Morgan fingerprint density at radius 1 is 1.45 bits per heavy atom. The summed E-state index contributed by atoms with van der Waals surface area (Å²) in [5.41, 5.74) is 7.40. The van der Waals surface area contributed by atoms with Crippen LogP contribution < -0.4 is 20.5 Å². The van der Waals surface area contributed by atoms with Gasteiger partial charge in [-0.05, 0) is 31.0 Å². The van der Waals surface area contributed by atoms with Gasteiger partial charge in [0.15, 0.2) is 11.5 Å². The van der Waals surface area contributed by atoms with E-state index in [0.29, 0.717) is 24.5 Å². The van der Waals surface area contributed by atoms with Crippen molar-refractivity contribution in [3.8, 4) is 11.5 Å². The van der Waals surface area contributed by atoms with Crippen molar-refractivity contribution in [2.45, 2.75) is 25.9 Å². The van der Waals surface area contributed by atoms with Crippen molar-refractivity contribution in [2.75, 3.05) is 14.2 Å². The summed E-state index contributed by atoms with van der Waals surface area (Å²) in [4.78, 5) is 11.5. The van der Waals surface area contributed by atoms with E-state index in [9.17, 15) is 4.79 Å². The standard InChI is InChI=1S/C15H22N2O3/c1-5-6-12-7-11(9-17-15(18)10(2)16)8-13(19-3)14(12)20-4/h5,7-8,10H,1,6,9,16H2,2-4H3,(H,17,18)/t10-/m1/s1. The van der Waals surface area contributed by atoms with Gasteiger partial charge in [-0.2, -0.15) is 0 Å². The third-order valence-electron chi connectivity index (χ3n) is 2.86. The Kier molecular flexibility index (Phi) is 6.06. The summed E-state index contributed by atoms with van der Waals surface area (Å²) in [5.74, 6) is 1.14. The predicted octanol–water partition coefficient (Wildman–Crippen LogP) is 1.40. The van der Waals surface area contributed by atoms with Crippen molar-refractivity contribution in [1.29, 1.82) is 0 Å². The topological polar surface area (TPSA) is 73.6 Å². The summed E-state index contributed by atoms with van der Waals surface area (Å²) < 4.78 is 10.7. The van der Waals surface area contributed by atoms with Gasteiger partial charge in [0.05, 0.1) is 20.3 Å². The SMILES string of the molecule is C=CCc1cc(CNC(=O)[C@@H](C)N)cc(OC)c1OC. The van der Waals surface area contributed by atoms with Crippen LogP contribution in [0.5, 0.6) is 11.5 Å². The fourth-order valence-corrected chi connectivity index (χ4v) is 1.87. The molecule has 1 amide bonds. The molecular formula is C15H22N2O3. The maximum absolute atomic E-state index is 11.5. The Bertz CT molecular complexity index is 484. The van der Waals surface area contributed by atoms with Crippen molar-refractivity contribution < 1.29 is 14.3 Å². The van der Waals surface area contributed by atoms with Crippen LogP contribution in [0.2, 0.25) is 0 Å². The van der Waals surface area contributed by atoms with E-state index in [1.165, 1.54) is 0 Å². The zero-order chi connectivity index (χ0) is 15.1. The van der Waals surface area contributed by atoms with Gasteiger partial charge in [0, 0.05) is 12.1 Å². The maximum Gasteiger partial charge on any atom is 0.236 e. The maximum atomic E-state index is 11.5. The smallest absolute Gasteiger partial charge is 0.236 e. The molecule has 1 rings (SSSR count). The molecule has 0 heterocycles. The van der Waals surface area contributed by atoms with Crippen molar-refractivity contribution in [3.63, 3.8) is 0 Å². The van der Waals surface area contributed by atoms with Crippen molar-refractivity contribution in [3.05, 3.63) is 35.9 Å². The molecular weight excluding hydrogens is 256 g/mol. The minimum atomic E-state index is -0.525. The fourth-order valence-electron chi connectivity index (χ4n) is 1.87. The first kappa shape index (κ1) is 16.0. The predicted molar refractivity (Wildman–Crippen MR) is 78.9 cm³/mol. The number of benzene rings is 1. The van der Waals surface area contributed by atoms with E-state index in [1.807, 2.05) is 12.1 Å². The highest BCUT2D eigenvalue weighted by atomic mass is 16.5. The van der Waals surface area contributed by atoms with Gasteiger partial charge >= 0.3 is 0 Å². The third-order valence-corrected chi connectivity index (χ3v) is 2.86. The number of methoxy groups -OCH3 is 2. The number of carbonyl (C=O) groups is 1. The molecule has 0 spiro atoms. The molecule has 1 aromatic carbocycles. The van der Waals surface area contributed by atoms with E-state index in [-0.39, 0.29) is 5.91 Å². The highest BCUT2D eigenvalue weighted by Crippen LogP contribution is 2.33. The Morgan fingerprint density at radius 2 is 2.15 bits per heavy atom. The van der Waals surface area contributed by atoms with Crippen molar-refractivity contribution in [1.82, 2.24) is 5.32 Å². The molecule has 0 aromatic heterocycles. The second kappa shape index (κ2) is 7.55. The van der Waals surface area contributed by atoms with Gasteiger partial charge in [0.2, 0.25) is 5.91 Å². The van der Waals surface area contributed by atoms with Crippen LogP contribution >= 0.6 is 0 Å². The quantitative estimate of drug-likeness (QED) is 0.739. The third kappa shape index (κ3) is 3.99. The highest BCUT2D eigenvalue weighted by Gasteiger charge is 2.13. The molecule has 0 aliphatic carbocycles. The van der Waals surface area contributed by atoms with E-state index in [4.69, 9.17) is 15.2 Å². The molecule has 0 aliphatic heterocycles. The van der Waals surface area contributed by atoms with Crippen LogP contribution in [0.3, 0.4) is 0 Å². The molecule has 5 nitrogen and oxygen atoms in total. The number of nitrogens with one attached hydrogen (secondary N) is 1. The van der Waals surface area contributed by atoms with E-state index in [2.05, 4.69) is 11.9 Å². The summed E-state index contributed by atoms with van der Waals surface area (Å²) in [5, 5.41) is 2.77. The van der Waals surface area contributed by atoms with Crippen molar-refractivity contribution in [2.24, 2.45) is 5.73 Å². The minimum Gasteiger partial charge on any atom is -0.493 e. The Morgan fingerprint density at radius 3 is 2.65 bits per heavy atom. The second-order valence-corrected chi connectivity index (χ2v) is 4.49. The molecule has 5 heteroatoms. The number of carbonyl (C=O) groups excluding carboxylic acids is 1. The van der Waals surface area contributed by atoms with E-state index < -0.39 is 6.04 Å². The first-order chi connectivity index (χ1) is 9.53. The van der Waals surface area contributed by atoms with Gasteiger partial charge in [-0.15, -0.1) is 6.58 Å². The average molecular weight is 278 g/mol. The molecule has 0 radical (unpaired) electrons. The van der Waals surface area contributed by atoms with E-state index >= 15 is 0 Å². The molecule has 110 valence electrons. The average Bonchev–Trinajstić information content (AvgIpc) is 2.44. The summed E-state index contributed by atoms with van der Waals surface area (Å²) in [6.45, 7) is 5.77. The number of ether oxygens (including phenoxy) is 2. The lowest BCUT2D eigenvalue weighted by Crippen LogP contribution is -2.37. The van der Waals surface area contributed by atoms with Crippen LogP contribution in [0.4, 0.5) is 0 Å². The zero-order valence-electron chi connectivity index (χ0n) is 12.2. The number of hydrogen-bond donors (Lipinski definition) is 2. The normalized spacial score (nSPS) is 11.6. The molecule has 0 fully saturated rings. The van der Waals surface area contributed by atoms with Gasteiger partial charge in [0.25, 0.3) is 0 Å². The van der Waals surface area contributed by atoms with Crippen LogP contribution in [-0.2, 0) is 17.8 Å². The molecule has 1 aromatic rings. The summed E-state index contributed by atoms with van der Waals surface area (Å²) in [7, 11) is 3.18. The molecule has 0 unspecified atom stereocenters. The first-order valence-electron chi connectivity index (χ1n) is 6.41. The molecule has 3 N–H and O–H groups in total. The van der Waals surface area contributed by atoms with Crippen LogP contribution in [0.1, 0.15) is 18.1 Å². The van der Waals surface area contributed by atoms with Crippen LogP contribution in [0, 0.1) is 0 Å². The van der Waals surface area contributed by atoms with Crippen LogP contribution in [-0.4, -0.2) is 26.2 Å². The lowest BCUT2D eigenvalue weighted by molar-refractivity contribution is -0.122. The number of rotatable bonds is 7. The lowest BCUT2D eigenvalue weighted by atomic mass is 10.1. The largest absolute Gasteiger partial charge is 0.493 e. The van der Waals surface area contributed by atoms with Gasteiger partial charge in [-0.1, -0.05) is 6.08 Å². The first-order valence-corrected chi connectivity index (χ1v) is 6.41. The van der Waals surface area contributed by atoms with E-state index in [1.54, 1.807) is 27.2 Å². The Labute approximate surface area is 119 Å². The summed E-state index contributed by atoms with van der Waals surface area (Å²) >= 11 is 0. The molecule has 0 saturated heterocycles. The number of hydrogen-bond acceptors (Lipinski definition) is 4. The number of nitrogens with two attached hydrogens (primary N) is 1. The minimum absolute atomic E-state index is 0.190. The van der Waals surface area contributed by atoms with E-state index in [0.717, 1.165) is 11.1 Å². The summed E-state index contributed by atoms with van der Waals surface area (Å²) in [6.07, 6.45) is 2.45. The number of allylic oxidation sites excluding steroid dienone is 1. The Balaban J connectivity index is 2.99. The highest BCUT2D eigenvalue weighted by molar-refractivity contribution is 5.80. The lowest BCUT2D eigenvalue weighted by Gasteiger charge is -2.15. The molecule has 1 atom stereocenters. The molecule has 20 heavy (non-hydrogen) atoms. The van der Waals surface area contributed by atoms with Crippen molar-refractivity contribution >= 4 is 5.91 Å². The fraction of sp³-hybridized carbons (Fsp3) is 0.400. The summed E-state index contributed by atoms with van der Waals surface area (Å²) in [6, 6.07) is 3.28. The monoisotopic (exact) mass is 278 g/mol. The Hall–Kier alpha value is -2.01.